The molecular formula is C17H17N3O4S. The van der Waals surface area contributed by atoms with Crippen LogP contribution >= 0.6 is 0 Å². The summed E-state index contributed by atoms with van der Waals surface area (Å²) in [6, 6.07) is 13.7. The molecule has 25 heavy (non-hydrogen) atoms. The number of para-hydroxylation sites is 1. The van der Waals surface area contributed by atoms with Gasteiger partial charge >= 0.3 is 0 Å². The Hall–Kier alpha value is -2.71. The molecule has 1 saturated heterocycles. The highest BCUT2D eigenvalue weighted by atomic mass is 32.2. The van der Waals surface area contributed by atoms with E-state index in [-0.39, 0.29) is 16.7 Å². The lowest BCUT2D eigenvalue weighted by Gasteiger charge is -2.11. The summed E-state index contributed by atoms with van der Waals surface area (Å²) < 4.78 is 27.0. The predicted octanol–water partition coefficient (Wildman–Crippen LogP) is 1.11. The van der Waals surface area contributed by atoms with Gasteiger partial charge in [0.25, 0.3) is 5.91 Å². The van der Waals surface area contributed by atoms with Gasteiger partial charge in [-0.2, -0.15) is 4.72 Å². The lowest BCUT2D eigenvalue weighted by Crippen LogP contribution is -2.40. The van der Waals surface area contributed by atoms with Crippen LogP contribution in [-0.4, -0.2) is 32.8 Å². The minimum Gasteiger partial charge on any atom is -0.355 e. The number of hydrogen-bond acceptors (Lipinski definition) is 4. The summed E-state index contributed by atoms with van der Waals surface area (Å²) >= 11 is 0. The average Bonchev–Trinajstić information content (AvgIpc) is 3.00. The van der Waals surface area contributed by atoms with Crippen LogP contribution in [0.15, 0.2) is 59.5 Å². The molecule has 1 fully saturated rings. The number of anilines is 1. The van der Waals surface area contributed by atoms with Gasteiger partial charge in [0.2, 0.25) is 15.9 Å². The number of amides is 2. The number of hydrogen-bond donors (Lipinski definition) is 3. The Balaban J connectivity index is 1.71. The van der Waals surface area contributed by atoms with Gasteiger partial charge in [-0.1, -0.05) is 18.2 Å². The van der Waals surface area contributed by atoms with Crippen LogP contribution in [0.2, 0.25) is 0 Å². The van der Waals surface area contributed by atoms with Gasteiger partial charge in [-0.15, -0.1) is 0 Å². The Morgan fingerprint density at radius 1 is 1.04 bits per heavy atom. The molecule has 2 aromatic rings. The second-order valence-corrected chi connectivity index (χ2v) is 7.31. The van der Waals surface area contributed by atoms with Crippen molar-refractivity contribution in [2.24, 2.45) is 0 Å². The first kappa shape index (κ1) is 17.1. The van der Waals surface area contributed by atoms with Crippen LogP contribution in [0.1, 0.15) is 16.8 Å². The van der Waals surface area contributed by atoms with Crippen molar-refractivity contribution >= 4 is 27.5 Å². The highest BCUT2D eigenvalue weighted by molar-refractivity contribution is 7.89. The zero-order valence-electron chi connectivity index (χ0n) is 13.2. The zero-order chi connectivity index (χ0) is 17.9. The van der Waals surface area contributed by atoms with Crippen molar-refractivity contribution in [3.63, 3.8) is 0 Å². The van der Waals surface area contributed by atoms with Crippen molar-refractivity contribution < 1.29 is 18.0 Å². The van der Waals surface area contributed by atoms with Crippen LogP contribution < -0.4 is 15.4 Å². The molecule has 7 nitrogen and oxygen atoms in total. The molecule has 3 N–H and O–H groups in total. The lowest BCUT2D eigenvalue weighted by atomic mass is 10.2. The predicted molar refractivity (Wildman–Crippen MR) is 92.6 cm³/mol. The maximum atomic E-state index is 12.3. The van der Waals surface area contributed by atoms with Crippen LogP contribution in [0.3, 0.4) is 0 Å². The van der Waals surface area contributed by atoms with Crippen molar-refractivity contribution in [2.75, 3.05) is 11.9 Å². The quantitative estimate of drug-likeness (QED) is 0.744. The third-order valence-corrected chi connectivity index (χ3v) is 5.29. The van der Waals surface area contributed by atoms with Gasteiger partial charge in [0.05, 0.1) is 4.90 Å². The van der Waals surface area contributed by atoms with Crippen LogP contribution in [0, 0.1) is 0 Å². The van der Waals surface area contributed by atoms with E-state index in [1.165, 1.54) is 24.3 Å². The molecule has 2 amide bonds. The van der Waals surface area contributed by atoms with E-state index in [0.717, 1.165) is 0 Å². The van der Waals surface area contributed by atoms with Gasteiger partial charge in [-0.3, -0.25) is 9.59 Å². The highest BCUT2D eigenvalue weighted by Gasteiger charge is 2.29. The second kappa shape index (κ2) is 7.04. The summed E-state index contributed by atoms with van der Waals surface area (Å²) in [5.41, 5.74) is 0.986. The number of sulfonamides is 1. The van der Waals surface area contributed by atoms with E-state index < -0.39 is 16.1 Å². The van der Waals surface area contributed by atoms with Crippen molar-refractivity contribution in [3.05, 3.63) is 60.2 Å². The smallest absolute Gasteiger partial charge is 0.255 e. The molecule has 8 heteroatoms. The van der Waals surface area contributed by atoms with E-state index in [1.807, 2.05) is 6.07 Å². The molecule has 1 aliphatic heterocycles. The standard InChI is InChI=1S/C17H17N3O4S/c21-16(19-13-4-2-1-3-5-13)12-6-8-14(9-7-12)25(23,24)20-15-10-11-18-17(15)22/h1-9,15,20H,10-11H2,(H,18,22)(H,19,21)/t15-/m0/s1. The summed E-state index contributed by atoms with van der Waals surface area (Å²) in [7, 11) is -3.82. The van der Waals surface area contributed by atoms with Crippen LogP contribution in [0.4, 0.5) is 5.69 Å². The first-order valence-electron chi connectivity index (χ1n) is 7.72. The van der Waals surface area contributed by atoms with Crippen LogP contribution in [-0.2, 0) is 14.8 Å². The summed E-state index contributed by atoms with van der Waals surface area (Å²) in [4.78, 5) is 23.7. The summed E-state index contributed by atoms with van der Waals surface area (Å²) in [6.45, 7) is 0.449. The minimum atomic E-state index is -3.82. The molecule has 0 bridgehead atoms. The molecule has 2 aromatic carbocycles. The summed E-state index contributed by atoms with van der Waals surface area (Å²) in [5.74, 6) is -0.666. The molecule has 1 aliphatic rings. The Kier molecular flexibility index (Phi) is 4.82. The second-order valence-electron chi connectivity index (χ2n) is 5.60. The van der Waals surface area contributed by atoms with E-state index in [4.69, 9.17) is 0 Å². The minimum absolute atomic E-state index is 0.00320. The molecule has 0 unspecified atom stereocenters. The number of benzene rings is 2. The monoisotopic (exact) mass is 359 g/mol. The van der Waals surface area contributed by atoms with Crippen molar-refractivity contribution in [3.8, 4) is 0 Å². The molecule has 0 spiro atoms. The highest BCUT2D eigenvalue weighted by Crippen LogP contribution is 2.14. The van der Waals surface area contributed by atoms with Crippen LogP contribution in [0.5, 0.6) is 0 Å². The molecule has 0 saturated carbocycles. The molecule has 130 valence electrons. The first-order chi connectivity index (χ1) is 12.0. The lowest BCUT2D eigenvalue weighted by molar-refractivity contribution is -0.120. The summed E-state index contributed by atoms with van der Waals surface area (Å²) in [6.07, 6.45) is 0.412. The third-order valence-electron chi connectivity index (χ3n) is 3.80. The molecule has 1 heterocycles. The molecule has 3 rings (SSSR count). The van der Waals surface area contributed by atoms with Crippen LogP contribution in [0.25, 0.3) is 0 Å². The van der Waals surface area contributed by atoms with Gasteiger partial charge in [-0.05, 0) is 42.8 Å². The average molecular weight is 359 g/mol. The number of carbonyl (C=O) groups excluding carboxylic acids is 2. The molecule has 0 radical (unpaired) electrons. The molecule has 0 aliphatic carbocycles. The largest absolute Gasteiger partial charge is 0.355 e. The van der Waals surface area contributed by atoms with E-state index in [9.17, 15) is 18.0 Å². The Bertz CT molecular complexity index is 880. The van der Waals surface area contributed by atoms with E-state index in [1.54, 1.807) is 24.3 Å². The van der Waals surface area contributed by atoms with E-state index in [2.05, 4.69) is 15.4 Å². The van der Waals surface area contributed by atoms with Gasteiger partial charge in [-0.25, -0.2) is 8.42 Å². The normalized spacial score (nSPS) is 17.1. The van der Waals surface area contributed by atoms with Crippen molar-refractivity contribution in [1.29, 1.82) is 0 Å². The zero-order valence-corrected chi connectivity index (χ0v) is 14.0. The fourth-order valence-corrected chi connectivity index (χ4v) is 3.70. The first-order valence-corrected chi connectivity index (χ1v) is 9.20. The molecule has 1 atom stereocenters. The van der Waals surface area contributed by atoms with Gasteiger partial charge in [0, 0.05) is 17.8 Å². The third kappa shape index (κ3) is 4.04. The fourth-order valence-electron chi connectivity index (χ4n) is 2.47. The Morgan fingerprint density at radius 2 is 1.72 bits per heavy atom. The van der Waals surface area contributed by atoms with E-state index in [0.29, 0.717) is 24.2 Å². The maximum absolute atomic E-state index is 12.3. The van der Waals surface area contributed by atoms with Crippen molar-refractivity contribution in [2.45, 2.75) is 17.4 Å². The topological polar surface area (TPSA) is 104 Å². The number of carbonyl (C=O) groups is 2. The molecule has 0 aromatic heterocycles. The Labute approximate surface area is 145 Å². The maximum Gasteiger partial charge on any atom is 0.255 e. The number of rotatable bonds is 5. The fraction of sp³-hybridized carbons (Fsp3) is 0.176. The van der Waals surface area contributed by atoms with E-state index >= 15 is 0 Å². The SMILES string of the molecule is O=C(Nc1ccccc1)c1ccc(S(=O)(=O)N[C@H]2CCNC2=O)cc1. The summed E-state index contributed by atoms with van der Waals surface area (Å²) in [5, 5.41) is 5.30. The van der Waals surface area contributed by atoms with Gasteiger partial charge in [0.15, 0.2) is 0 Å². The van der Waals surface area contributed by atoms with Gasteiger partial charge in [0.1, 0.15) is 6.04 Å². The number of nitrogens with one attached hydrogen (secondary N) is 3. The molecular weight excluding hydrogens is 342 g/mol. The Morgan fingerprint density at radius 3 is 2.32 bits per heavy atom. The van der Waals surface area contributed by atoms with Gasteiger partial charge < -0.3 is 10.6 Å². The van der Waals surface area contributed by atoms with Crippen molar-refractivity contribution in [1.82, 2.24) is 10.0 Å².